The van der Waals surface area contributed by atoms with Gasteiger partial charge in [-0.05, 0) is 160 Å². The Morgan fingerprint density at radius 1 is 0.347 bits per heavy atom. The van der Waals surface area contributed by atoms with Crippen LogP contribution in [0.2, 0.25) is 0 Å². The largest absolute Gasteiger partial charge is 0.436 e. The van der Waals surface area contributed by atoms with E-state index in [-0.39, 0.29) is 0 Å². The lowest BCUT2D eigenvalue weighted by Gasteiger charge is -2.34. The van der Waals surface area contributed by atoms with Gasteiger partial charge in [-0.1, -0.05) is 152 Å². The Morgan fingerprint density at radius 3 is 1.36 bits per heavy atom. The molecule has 0 saturated carbocycles. The van der Waals surface area contributed by atoms with Crippen molar-refractivity contribution in [3.8, 4) is 50.8 Å². The third-order valence-corrected chi connectivity index (χ3v) is 15.2. The highest BCUT2D eigenvalue weighted by Gasteiger charge is 2.45. The van der Waals surface area contributed by atoms with Crippen molar-refractivity contribution in [1.82, 2.24) is 14.5 Å². The summed E-state index contributed by atoms with van der Waals surface area (Å²) < 4.78 is 14.8. The summed E-state index contributed by atoms with van der Waals surface area (Å²) in [6, 6.07) is 95.2. The van der Waals surface area contributed by atoms with Crippen LogP contribution < -0.4 is 4.90 Å². The first-order valence-electron chi connectivity index (χ1n) is 25.4. The van der Waals surface area contributed by atoms with Crippen LogP contribution in [0.25, 0.3) is 94.9 Å². The van der Waals surface area contributed by atoms with Crippen molar-refractivity contribution >= 4 is 61.1 Å². The summed E-state index contributed by atoms with van der Waals surface area (Å²) in [5, 5.41) is 2.30. The maximum atomic E-state index is 6.21. The highest BCUT2D eigenvalue weighted by atomic mass is 16.4. The Kier molecular flexibility index (Phi) is 9.69. The molecule has 1 aliphatic rings. The molecule has 0 radical (unpaired) electrons. The van der Waals surface area contributed by atoms with Gasteiger partial charge < -0.3 is 18.3 Å². The molecule has 1 aliphatic carbocycles. The number of benzene rings is 11. The van der Waals surface area contributed by atoms with Crippen molar-refractivity contribution in [3.05, 3.63) is 289 Å². The summed E-state index contributed by atoms with van der Waals surface area (Å²) in [7, 11) is 0. The molecule has 6 heteroatoms. The van der Waals surface area contributed by atoms with Crippen LogP contribution in [0.5, 0.6) is 0 Å². The van der Waals surface area contributed by atoms with Gasteiger partial charge in [-0.15, -0.1) is 0 Å². The zero-order valence-corrected chi connectivity index (χ0v) is 40.5. The van der Waals surface area contributed by atoms with E-state index in [9.17, 15) is 0 Å². The van der Waals surface area contributed by atoms with Crippen LogP contribution in [-0.2, 0) is 5.41 Å². The van der Waals surface area contributed by atoms with Crippen molar-refractivity contribution in [1.29, 1.82) is 0 Å². The van der Waals surface area contributed by atoms with Gasteiger partial charge in [0, 0.05) is 44.6 Å². The first kappa shape index (κ1) is 42.6. The lowest BCUT2D eigenvalue weighted by Crippen LogP contribution is -2.28. The molecule has 0 bridgehead atoms. The van der Waals surface area contributed by atoms with E-state index in [2.05, 4.69) is 228 Å². The van der Waals surface area contributed by atoms with Crippen LogP contribution in [-0.4, -0.2) is 14.5 Å². The van der Waals surface area contributed by atoms with Gasteiger partial charge in [0.05, 0.1) is 16.4 Å². The molecule has 15 rings (SSSR count). The fourth-order valence-electron chi connectivity index (χ4n) is 11.8. The molecule has 3 aromatic heterocycles. The van der Waals surface area contributed by atoms with Crippen molar-refractivity contribution < 1.29 is 8.83 Å². The number of nitrogens with zero attached hydrogens (tertiary/aromatic N) is 4. The molecule has 0 N–H and O–H groups in total. The van der Waals surface area contributed by atoms with E-state index in [4.69, 9.17) is 18.8 Å². The van der Waals surface area contributed by atoms with E-state index >= 15 is 0 Å². The fourth-order valence-corrected chi connectivity index (χ4v) is 11.8. The molecule has 0 aliphatic heterocycles. The number of aromatic nitrogens is 3. The molecule has 0 unspecified atom stereocenters. The van der Waals surface area contributed by atoms with Crippen LogP contribution >= 0.6 is 0 Å². The van der Waals surface area contributed by atoms with Gasteiger partial charge in [-0.3, -0.25) is 0 Å². The van der Waals surface area contributed by atoms with Gasteiger partial charge >= 0.3 is 0 Å². The highest BCUT2D eigenvalue weighted by Crippen LogP contribution is 2.56. The van der Waals surface area contributed by atoms with E-state index in [1.165, 1.54) is 33.4 Å². The second-order valence-electron chi connectivity index (χ2n) is 19.3. The first-order valence-corrected chi connectivity index (χ1v) is 25.4. The predicted molar refractivity (Wildman–Crippen MR) is 304 cm³/mol. The second-order valence-corrected chi connectivity index (χ2v) is 19.3. The zero-order chi connectivity index (χ0) is 49.5. The molecule has 0 saturated heterocycles. The average Bonchev–Trinajstić information content (AvgIpc) is 4.37. The van der Waals surface area contributed by atoms with Crippen molar-refractivity contribution in [2.24, 2.45) is 0 Å². The van der Waals surface area contributed by atoms with Crippen molar-refractivity contribution in [3.63, 3.8) is 0 Å². The second kappa shape index (κ2) is 17.0. The molecule has 0 atom stereocenters. The highest BCUT2D eigenvalue weighted by molar-refractivity contribution is 6.12. The minimum Gasteiger partial charge on any atom is -0.436 e. The molecule has 3 heterocycles. The summed E-state index contributed by atoms with van der Waals surface area (Å²) in [6.07, 6.45) is 0. The smallest absolute Gasteiger partial charge is 0.227 e. The van der Waals surface area contributed by atoms with Gasteiger partial charge in [-0.25, -0.2) is 9.97 Å². The summed E-state index contributed by atoms with van der Waals surface area (Å²) >= 11 is 0. The number of rotatable bonds is 9. The monoisotopic (exact) mass is 960 g/mol. The summed E-state index contributed by atoms with van der Waals surface area (Å²) in [5.74, 6) is 1.17. The summed E-state index contributed by atoms with van der Waals surface area (Å²) in [4.78, 5) is 11.9. The molecule has 0 fully saturated rings. The topological polar surface area (TPSA) is 60.2 Å². The Hall–Kier alpha value is -10.0. The van der Waals surface area contributed by atoms with Crippen LogP contribution in [0.3, 0.4) is 0 Å². The first-order chi connectivity index (χ1) is 37.2. The standard InChI is InChI=1S/C69H44N4O2/c1-3-15-49(16-4-1)69(59-21-9-7-19-55(59)56-20-8-10-22-60(56)69)50-34-27-45(28-35-50)48-33-41-63-57(43-48)58-44-54(40-42-64(58)73(63)51-17-5-2-6-18-51)72(52-36-29-46(30-37-52)67-70-61-23-11-13-25-65(61)74-67)53-38-31-47(32-39-53)68-71-62-24-12-14-26-66(62)75-68/h1-44H. The van der Waals surface area contributed by atoms with Crippen LogP contribution in [0.4, 0.5) is 17.1 Å². The molecule has 11 aromatic carbocycles. The normalized spacial score (nSPS) is 12.6. The lowest BCUT2D eigenvalue weighted by molar-refractivity contribution is 0.619. The number of fused-ring (bicyclic) bond motifs is 8. The molecular weight excluding hydrogens is 917 g/mol. The van der Waals surface area contributed by atoms with Gasteiger partial charge in [-0.2, -0.15) is 0 Å². The minimum absolute atomic E-state index is 0.461. The van der Waals surface area contributed by atoms with E-state index < -0.39 is 5.41 Å². The molecule has 14 aromatic rings. The lowest BCUT2D eigenvalue weighted by atomic mass is 9.67. The fraction of sp³-hybridized carbons (Fsp3) is 0.0145. The summed E-state index contributed by atoms with van der Waals surface area (Å²) in [5.41, 5.74) is 20.8. The predicted octanol–water partition coefficient (Wildman–Crippen LogP) is 17.9. The molecular formula is C69H44N4O2. The third-order valence-electron chi connectivity index (χ3n) is 15.2. The van der Waals surface area contributed by atoms with E-state index in [0.717, 1.165) is 89.0 Å². The summed E-state index contributed by atoms with van der Waals surface area (Å²) in [6.45, 7) is 0. The van der Waals surface area contributed by atoms with Crippen molar-refractivity contribution in [2.75, 3.05) is 4.90 Å². The number of anilines is 3. The van der Waals surface area contributed by atoms with Crippen molar-refractivity contribution in [2.45, 2.75) is 5.41 Å². The van der Waals surface area contributed by atoms with Gasteiger partial charge in [0.2, 0.25) is 11.8 Å². The number of hydrogen-bond acceptors (Lipinski definition) is 5. The number of para-hydroxylation sites is 5. The van der Waals surface area contributed by atoms with Gasteiger partial charge in [0.15, 0.2) is 11.2 Å². The average molecular weight is 961 g/mol. The Balaban J connectivity index is 0.872. The maximum Gasteiger partial charge on any atom is 0.227 e. The van der Waals surface area contributed by atoms with Gasteiger partial charge in [0.1, 0.15) is 11.0 Å². The molecule has 0 spiro atoms. The van der Waals surface area contributed by atoms with Gasteiger partial charge in [0.25, 0.3) is 0 Å². The zero-order valence-electron chi connectivity index (χ0n) is 40.5. The van der Waals surface area contributed by atoms with E-state index in [0.29, 0.717) is 11.8 Å². The molecule has 75 heavy (non-hydrogen) atoms. The van der Waals surface area contributed by atoms with E-state index in [1.807, 2.05) is 48.5 Å². The Morgan fingerprint density at radius 2 is 0.787 bits per heavy atom. The third kappa shape index (κ3) is 6.80. The molecule has 352 valence electrons. The number of oxazole rings is 2. The molecule has 0 amide bonds. The molecule has 6 nitrogen and oxygen atoms in total. The maximum absolute atomic E-state index is 6.21. The van der Waals surface area contributed by atoms with E-state index in [1.54, 1.807) is 0 Å². The quantitative estimate of drug-likeness (QED) is 0.144. The SMILES string of the molecule is c1ccc(-n2c3ccc(-c4ccc(C5(c6ccccc6)c6ccccc6-c6ccccc65)cc4)cc3c3cc(N(c4ccc(-c5nc6ccccc6o5)cc4)c4ccc(-c5nc6ccccc6o5)cc4)ccc32)cc1. The van der Waals surface area contributed by atoms with Crippen LogP contribution in [0.15, 0.2) is 276 Å². The van der Waals surface area contributed by atoms with Crippen LogP contribution in [0, 0.1) is 0 Å². The minimum atomic E-state index is -0.461. The van der Waals surface area contributed by atoms with Crippen LogP contribution in [0.1, 0.15) is 22.3 Å². The Labute approximate surface area is 432 Å². The Bertz CT molecular complexity index is 4230. The number of hydrogen-bond donors (Lipinski definition) is 0.